The smallest absolute Gasteiger partial charge is 0.250 e. The van der Waals surface area contributed by atoms with Gasteiger partial charge in [-0.2, -0.15) is 0 Å². The molecule has 0 saturated heterocycles. The summed E-state index contributed by atoms with van der Waals surface area (Å²) in [6, 6.07) is 5.97. The van der Waals surface area contributed by atoms with Crippen LogP contribution in [0.1, 0.15) is 48.8 Å². The maximum Gasteiger partial charge on any atom is 0.250 e. The Labute approximate surface area is 126 Å². The Morgan fingerprint density at radius 3 is 2.86 bits per heavy atom. The average Bonchev–Trinajstić information content (AvgIpc) is 2.72. The number of nitrogens with two attached hydrogens (primary N) is 1. The van der Waals surface area contributed by atoms with Gasteiger partial charge >= 0.3 is 0 Å². The third-order valence-electron chi connectivity index (χ3n) is 4.54. The lowest BCUT2D eigenvalue weighted by Gasteiger charge is -2.21. The molecule has 3 heteroatoms. The Morgan fingerprint density at radius 2 is 2.19 bits per heavy atom. The van der Waals surface area contributed by atoms with Gasteiger partial charge in [0.05, 0.1) is 11.1 Å². The number of benzene rings is 1. The lowest BCUT2D eigenvalue weighted by atomic mass is 9.87. The third kappa shape index (κ3) is 2.35. The number of amides is 1. The highest BCUT2D eigenvalue weighted by Gasteiger charge is 2.25. The van der Waals surface area contributed by atoms with E-state index in [-0.39, 0.29) is 5.91 Å². The maximum absolute atomic E-state index is 11.8. The van der Waals surface area contributed by atoms with Crippen LogP contribution >= 0.6 is 0 Å². The van der Waals surface area contributed by atoms with E-state index in [1.54, 1.807) is 0 Å². The molecule has 2 N–H and O–H groups in total. The summed E-state index contributed by atoms with van der Waals surface area (Å²) in [6.45, 7) is 7.70. The van der Waals surface area contributed by atoms with Crippen LogP contribution in [0.5, 0.6) is 0 Å². The van der Waals surface area contributed by atoms with Gasteiger partial charge in [-0.3, -0.25) is 4.79 Å². The van der Waals surface area contributed by atoms with E-state index in [0.29, 0.717) is 17.4 Å². The molecule has 112 valence electrons. The summed E-state index contributed by atoms with van der Waals surface area (Å²) in [5.41, 5.74) is 10.2. The fourth-order valence-corrected chi connectivity index (χ4v) is 3.64. The monoisotopic (exact) mass is 284 g/mol. The molecule has 2 aromatic rings. The lowest BCUT2D eigenvalue weighted by Crippen LogP contribution is -2.17. The van der Waals surface area contributed by atoms with Gasteiger partial charge in [0.25, 0.3) is 5.91 Å². The first-order valence-electron chi connectivity index (χ1n) is 7.91. The average molecular weight is 284 g/mol. The van der Waals surface area contributed by atoms with Crippen LogP contribution in [0.3, 0.4) is 0 Å². The molecule has 1 aliphatic carbocycles. The summed E-state index contributed by atoms with van der Waals surface area (Å²) < 4.78 is 2.36. The second kappa shape index (κ2) is 5.21. The molecule has 1 amide bonds. The molecule has 1 heterocycles. The fourth-order valence-electron chi connectivity index (χ4n) is 3.64. The summed E-state index contributed by atoms with van der Waals surface area (Å²) in [4.78, 5) is 11.8. The second-order valence-electron chi connectivity index (χ2n) is 6.84. The van der Waals surface area contributed by atoms with Crippen molar-refractivity contribution in [3.05, 3.63) is 35.0 Å². The number of primary amides is 1. The number of carbonyl (C=O) groups is 1. The zero-order valence-corrected chi connectivity index (χ0v) is 13.1. The maximum atomic E-state index is 11.8. The van der Waals surface area contributed by atoms with E-state index >= 15 is 0 Å². The molecule has 0 fully saturated rings. The SMILES string of the molecule is CC(C)Cn1c2c(c3cccc(C(N)=O)c31)CC(C)CC2. The van der Waals surface area contributed by atoms with E-state index in [1.807, 2.05) is 12.1 Å². The Bertz CT molecular complexity index is 697. The molecule has 1 aliphatic rings. The summed E-state index contributed by atoms with van der Waals surface area (Å²) in [6.07, 6.45) is 3.45. The number of carbonyl (C=O) groups excluding carboxylic acids is 1. The van der Waals surface area contributed by atoms with E-state index in [4.69, 9.17) is 5.73 Å². The van der Waals surface area contributed by atoms with Crippen LogP contribution in [0, 0.1) is 11.8 Å². The molecule has 0 radical (unpaired) electrons. The van der Waals surface area contributed by atoms with Crippen molar-refractivity contribution in [3.63, 3.8) is 0 Å². The summed E-state index contributed by atoms with van der Waals surface area (Å²) in [5.74, 6) is 0.936. The molecule has 21 heavy (non-hydrogen) atoms. The molecule has 0 bridgehead atoms. The molecule has 1 aromatic heterocycles. The highest BCUT2D eigenvalue weighted by Crippen LogP contribution is 2.36. The number of para-hydroxylation sites is 1. The fraction of sp³-hybridized carbons (Fsp3) is 0.500. The van der Waals surface area contributed by atoms with Crippen molar-refractivity contribution in [2.75, 3.05) is 0 Å². The van der Waals surface area contributed by atoms with Gasteiger partial charge in [-0.15, -0.1) is 0 Å². The van der Waals surface area contributed by atoms with Crippen LogP contribution in [-0.4, -0.2) is 10.5 Å². The first-order valence-corrected chi connectivity index (χ1v) is 7.91. The topological polar surface area (TPSA) is 48.0 Å². The van der Waals surface area contributed by atoms with Crippen molar-refractivity contribution in [2.45, 2.75) is 46.6 Å². The second-order valence-corrected chi connectivity index (χ2v) is 6.84. The Morgan fingerprint density at radius 1 is 1.43 bits per heavy atom. The molecular formula is C18H24N2O. The van der Waals surface area contributed by atoms with Crippen LogP contribution in [0.4, 0.5) is 0 Å². The van der Waals surface area contributed by atoms with Gasteiger partial charge in [0.2, 0.25) is 0 Å². The number of fused-ring (bicyclic) bond motifs is 3. The van der Waals surface area contributed by atoms with E-state index < -0.39 is 0 Å². The van der Waals surface area contributed by atoms with Gasteiger partial charge in [0.1, 0.15) is 0 Å². The summed E-state index contributed by atoms with van der Waals surface area (Å²) in [7, 11) is 0. The van der Waals surface area contributed by atoms with Gasteiger partial charge in [-0.05, 0) is 42.7 Å². The standard InChI is InChI=1S/C18H24N2O/c1-11(2)10-20-16-8-7-12(3)9-15(16)13-5-4-6-14(17(13)20)18(19)21/h4-6,11-12H,7-10H2,1-3H3,(H2,19,21). The minimum absolute atomic E-state index is 0.325. The Hall–Kier alpha value is -1.77. The molecule has 1 atom stereocenters. The lowest BCUT2D eigenvalue weighted by molar-refractivity contribution is 0.100. The zero-order chi connectivity index (χ0) is 15.1. The van der Waals surface area contributed by atoms with E-state index in [1.165, 1.54) is 23.1 Å². The zero-order valence-electron chi connectivity index (χ0n) is 13.1. The molecule has 0 spiro atoms. The largest absolute Gasteiger partial charge is 0.366 e. The van der Waals surface area contributed by atoms with Crippen LogP contribution in [0.25, 0.3) is 10.9 Å². The van der Waals surface area contributed by atoms with Crippen LogP contribution in [-0.2, 0) is 19.4 Å². The molecule has 3 nitrogen and oxygen atoms in total. The van der Waals surface area contributed by atoms with Crippen LogP contribution < -0.4 is 5.73 Å². The molecule has 0 saturated carbocycles. The number of aromatic nitrogens is 1. The minimum Gasteiger partial charge on any atom is -0.366 e. The van der Waals surface area contributed by atoms with Crippen molar-refractivity contribution < 1.29 is 4.79 Å². The Kier molecular flexibility index (Phi) is 3.52. The van der Waals surface area contributed by atoms with Gasteiger partial charge < -0.3 is 10.3 Å². The van der Waals surface area contributed by atoms with Crippen molar-refractivity contribution in [2.24, 2.45) is 17.6 Å². The van der Waals surface area contributed by atoms with Gasteiger partial charge in [0.15, 0.2) is 0 Å². The first-order chi connectivity index (χ1) is 9.99. The van der Waals surface area contributed by atoms with Crippen molar-refractivity contribution in [1.29, 1.82) is 0 Å². The highest BCUT2D eigenvalue weighted by molar-refractivity contribution is 6.06. The predicted molar refractivity (Wildman–Crippen MR) is 86.5 cm³/mol. The van der Waals surface area contributed by atoms with Crippen molar-refractivity contribution >= 4 is 16.8 Å². The molecule has 3 rings (SSSR count). The van der Waals surface area contributed by atoms with E-state index in [0.717, 1.165) is 24.9 Å². The van der Waals surface area contributed by atoms with Crippen LogP contribution in [0.15, 0.2) is 18.2 Å². The molecular weight excluding hydrogens is 260 g/mol. The van der Waals surface area contributed by atoms with Crippen LogP contribution in [0.2, 0.25) is 0 Å². The van der Waals surface area contributed by atoms with Gasteiger partial charge in [-0.1, -0.05) is 32.9 Å². The number of rotatable bonds is 3. The summed E-state index contributed by atoms with van der Waals surface area (Å²) >= 11 is 0. The predicted octanol–water partition coefficient (Wildman–Crippen LogP) is 3.52. The van der Waals surface area contributed by atoms with E-state index in [2.05, 4.69) is 31.4 Å². The number of hydrogen-bond donors (Lipinski definition) is 1. The van der Waals surface area contributed by atoms with E-state index in [9.17, 15) is 4.79 Å². The minimum atomic E-state index is -0.325. The van der Waals surface area contributed by atoms with Crippen molar-refractivity contribution in [3.8, 4) is 0 Å². The number of nitrogens with zero attached hydrogens (tertiary/aromatic N) is 1. The first kappa shape index (κ1) is 14.2. The van der Waals surface area contributed by atoms with Gasteiger partial charge in [0, 0.05) is 17.6 Å². The number of hydrogen-bond acceptors (Lipinski definition) is 1. The van der Waals surface area contributed by atoms with Gasteiger partial charge in [-0.25, -0.2) is 0 Å². The Balaban J connectivity index is 2.32. The molecule has 1 unspecified atom stereocenters. The molecule has 0 aliphatic heterocycles. The summed E-state index contributed by atoms with van der Waals surface area (Å²) in [5, 5.41) is 1.23. The molecule has 1 aromatic carbocycles. The quantitative estimate of drug-likeness (QED) is 0.921. The van der Waals surface area contributed by atoms with Crippen molar-refractivity contribution in [1.82, 2.24) is 4.57 Å². The third-order valence-corrected chi connectivity index (χ3v) is 4.54. The highest BCUT2D eigenvalue weighted by atomic mass is 16.1. The normalized spacial score (nSPS) is 18.2.